The summed E-state index contributed by atoms with van der Waals surface area (Å²) in [6, 6.07) is 8.03. The number of benzene rings is 1. The van der Waals surface area contributed by atoms with Gasteiger partial charge in [0.2, 0.25) is 5.91 Å². The third-order valence-electron chi connectivity index (χ3n) is 3.64. The van der Waals surface area contributed by atoms with Crippen LogP contribution >= 0.6 is 34.9 Å². The summed E-state index contributed by atoms with van der Waals surface area (Å²) in [4.78, 5) is 14.4. The van der Waals surface area contributed by atoms with E-state index in [0.29, 0.717) is 5.75 Å². The van der Waals surface area contributed by atoms with Crippen molar-refractivity contribution in [1.29, 1.82) is 0 Å². The van der Waals surface area contributed by atoms with Gasteiger partial charge in [-0.25, -0.2) is 0 Å². The number of carbonyl (C=O) groups is 1. The monoisotopic (exact) mass is 396 g/mol. The number of ether oxygens (including phenoxy) is 1. The Morgan fingerprint density at radius 2 is 1.96 bits per heavy atom. The second-order valence-corrected chi connectivity index (χ2v) is 8.71. The van der Waals surface area contributed by atoms with Crippen molar-refractivity contribution in [2.24, 2.45) is 0 Å². The van der Waals surface area contributed by atoms with Gasteiger partial charge in [-0.05, 0) is 24.0 Å². The lowest BCUT2D eigenvalue weighted by atomic mass is 10.2. The molecule has 134 valence electrons. The Morgan fingerprint density at radius 3 is 2.64 bits per heavy atom. The number of carbonyl (C=O) groups excluding carboxylic acids is 1. The maximum Gasteiger partial charge on any atom is 0.234 e. The minimum Gasteiger partial charge on any atom is -0.379 e. The Morgan fingerprint density at radius 1 is 1.24 bits per heavy atom. The fraction of sp³-hybridized carbons (Fsp3) is 0.438. The maximum absolute atomic E-state index is 12.1. The zero-order valence-corrected chi connectivity index (χ0v) is 16.4. The molecule has 1 fully saturated rings. The summed E-state index contributed by atoms with van der Waals surface area (Å²) >= 11 is 4.48. The summed E-state index contributed by atoms with van der Waals surface area (Å²) in [5.74, 6) is 0.297. The predicted molar refractivity (Wildman–Crippen MR) is 104 cm³/mol. The van der Waals surface area contributed by atoms with E-state index in [1.165, 1.54) is 28.7 Å². The Labute approximate surface area is 159 Å². The van der Waals surface area contributed by atoms with Gasteiger partial charge in [0.25, 0.3) is 0 Å². The molecular weight excluding hydrogens is 376 g/mol. The first kappa shape index (κ1) is 18.7. The standard InChI is InChI=1S/C16H20N4O2S3/c1-23-15-18-19-16(25-15)24-11-14(21)17-13-4-2-12(3-5-13)10-20-6-8-22-9-7-20/h2-5H,6-11H2,1H3,(H,17,21). The Balaban J connectivity index is 1.44. The highest BCUT2D eigenvalue weighted by molar-refractivity contribution is 8.03. The lowest BCUT2D eigenvalue weighted by molar-refractivity contribution is -0.113. The minimum absolute atomic E-state index is 0.0353. The molecule has 0 bridgehead atoms. The number of hydrogen-bond donors (Lipinski definition) is 1. The molecule has 1 aliphatic rings. The molecule has 3 rings (SSSR count). The lowest BCUT2D eigenvalue weighted by Gasteiger charge is -2.26. The average Bonchev–Trinajstić information content (AvgIpc) is 3.11. The highest BCUT2D eigenvalue weighted by Crippen LogP contribution is 2.27. The normalized spacial score (nSPS) is 15.2. The molecule has 0 radical (unpaired) electrons. The van der Waals surface area contributed by atoms with Crippen molar-refractivity contribution in [3.05, 3.63) is 29.8 Å². The van der Waals surface area contributed by atoms with Gasteiger partial charge < -0.3 is 10.1 Å². The maximum atomic E-state index is 12.1. The van der Waals surface area contributed by atoms with Crippen molar-refractivity contribution in [3.8, 4) is 0 Å². The number of nitrogens with one attached hydrogen (secondary N) is 1. The van der Waals surface area contributed by atoms with Crippen molar-refractivity contribution >= 4 is 46.5 Å². The SMILES string of the molecule is CSc1nnc(SCC(=O)Nc2ccc(CN3CCOCC3)cc2)s1. The number of rotatable bonds is 7. The summed E-state index contributed by atoms with van der Waals surface area (Å²) in [5, 5.41) is 11.0. The summed E-state index contributed by atoms with van der Waals surface area (Å²) < 4.78 is 7.10. The van der Waals surface area contributed by atoms with Crippen molar-refractivity contribution in [2.45, 2.75) is 15.2 Å². The molecule has 6 nitrogen and oxygen atoms in total. The molecule has 1 aromatic carbocycles. The quantitative estimate of drug-likeness (QED) is 0.722. The molecule has 1 aromatic heterocycles. The number of amides is 1. The molecule has 1 aliphatic heterocycles. The molecule has 0 atom stereocenters. The molecule has 2 aromatic rings. The van der Waals surface area contributed by atoms with E-state index >= 15 is 0 Å². The summed E-state index contributed by atoms with van der Waals surface area (Å²) in [6.07, 6.45) is 1.96. The molecule has 1 N–H and O–H groups in total. The van der Waals surface area contributed by atoms with Gasteiger partial charge in [0.15, 0.2) is 8.68 Å². The Bertz CT molecular complexity index is 687. The van der Waals surface area contributed by atoms with Gasteiger partial charge in [-0.1, -0.05) is 47.0 Å². The molecule has 0 saturated carbocycles. The van der Waals surface area contributed by atoms with Gasteiger partial charge in [0.1, 0.15) is 0 Å². The Hall–Kier alpha value is -1.13. The van der Waals surface area contributed by atoms with Crippen LogP contribution in [0.4, 0.5) is 5.69 Å². The first-order valence-electron chi connectivity index (χ1n) is 7.92. The van der Waals surface area contributed by atoms with E-state index in [9.17, 15) is 4.79 Å². The smallest absolute Gasteiger partial charge is 0.234 e. The second kappa shape index (κ2) is 9.54. The van der Waals surface area contributed by atoms with Crippen LogP contribution in [0.15, 0.2) is 32.9 Å². The van der Waals surface area contributed by atoms with Crippen molar-refractivity contribution in [2.75, 3.05) is 43.6 Å². The molecule has 1 saturated heterocycles. The highest BCUT2D eigenvalue weighted by atomic mass is 32.2. The van der Waals surface area contributed by atoms with Gasteiger partial charge in [-0.2, -0.15) is 0 Å². The van der Waals surface area contributed by atoms with Crippen LogP contribution in [0.3, 0.4) is 0 Å². The van der Waals surface area contributed by atoms with E-state index in [1.54, 1.807) is 11.8 Å². The fourth-order valence-electron chi connectivity index (χ4n) is 2.37. The summed E-state index contributed by atoms with van der Waals surface area (Å²) in [7, 11) is 0. The first-order chi connectivity index (χ1) is 12.2. The van der Waals surface area contributed by atoms with Gasteiger partial charge in [-0.3, -0.25) is 9.69 Å². The van der Waals surface area contributed by atoms with Crippen LogP contribution in [0.25, 0.3) is 0 Å². The molecule has 2 heterocycles. The van der Waals surface area contributed by atoms with Crippen molar-refractivity contribution in [3.63, 3.8) is 0 Å². The van der Waals surface area contributed by atoms with E-state index in [-0.39, 0.29) is 5.91 Å². The predicted octanol–water partition coefficient (Wildman–Crippen LogP) is 2.82. The largest absolute Gasteiger partial charge is 0.379 e. The number of nitrogens with zero attached hydrogens (tertiary/aromatic N) is 3. The van der Waals surface area contributed by atoms with Crippen LogP contribution in [0.2, 0.25) is 0 Å². The van der Waals surface area contributed by atoms with Crippen LogP contribution in [0.1, 0.15) is 5.56 Å². The molecule has 1 amide bonds. The van der Waals surface area contributed by atoms with E-state index in [0.717, 1.165) is 47.2 Å². The van der Waals surface area contributed by atoms with Gasteiger partial charge in [-0.15, -0.1) is 10.2 Å². The van der Waals surface area contributed by atoms with Crippen LogP contribution in [-0.2, 0) is 16.1 Å². The second-order valence-electron chi connectivity index (χ2n) is 5.46. The third kappa shape index (κ3) is 5.96. The van der Waals surface area contributed by atoms with Crippen LogP contribution in [0.5, 0.6) is 0 Å². The molecule has 9 heteroatoms. The zero-order valence-electron chi connectivity index (χ0n) is 13.9. The van der Waals surface area contributed by atoms with Gasteiger partial charge >= 0.3 is 0 Å². The topological polar surface area (TPSA) is 67.4 Å². The molecule has 0 unspecified atom stereocenters. The van der Waals surface area contributed by atoms with Crippen LogP contribution < -0.4 is 5.32 Å². The van der Waals surface area contributed by atoms with Crippen molar-refractivity contribution in [1.82, 2.24) is 15.1 Å². The molecular formula is C16H20N4O2S3. The molecule has 0 spiro atoms. The van der Waals surface area contributed by atoms with E-state index in [1.807, 2.05) is 18.4 Å². The fourth-order valence-corrected chi connectivity index (χ4v) is 4.61. The zero-order chi connectivity index (χ0) is 17.5. The van der Waals surface area contributed by atoms with Crippen LogP contribution in [-0.4, -0.2) is 59.3 Å². The van der Waals surface area contributed by atoms with Gasteiger partial charge in [0.05, 0.1) is 19.0 Å². The summed E-state index contributed by atoms with van der Waals surface area (Å²) in [5.41, 5.74) is 2.06. The van der Waals surface area contributed by atoms with E-state index in [4.69, 9.17) is 4.74 Å². The molecule has 25 heavy (non-hydrogen) atoms. The number of aromatic nitrogens is 2. The number of anilines is 1. The third-order valence-corrected chi connectivity index (χ3v) is 6.67. The van der Waals surface area contributed by atoms with E-state index in [2.05, 4.69) is 32.5 Å². The summed E-state index contributed by atoms with van der Waals surface area (Å²) in [6.45, 7) is 4.47. The Kier molecular flexibility index (Phi) is 7.12. The van der Waals surface area contributed by atoms with Gasteiger partial charge in [0, 0.05) is 25.3 Å². The first-order valence-corrected chi connectivity index (χ1v) is 10.9. The molecule has 0 aliphatic carbocycles. The minimum atomic E-state index is -0.0353. The van der Waals surface area contributed by atoms with E-state index < -0.39 is 0 Å². The van der Waals surface area contributed by atoms with Crippen molar-refractivity contribution < 1.29 is 9.53 Å². The number of morpholine rings is 1. The van der Waals surface area contributed by atoms with Crippen LogP contribution in [0, 0.1) is 0 Å². The average molecular weight is 397 g/mol. The highest BCUT2D eigenvalue weighted by Gasteiger charge is 2.11. The number of hydrogen-bond acceptors (Lipinski definition) is 8. The lowest BCUT2D eigenvalue weighted by Crippen LogP contribution is -2.35. The number of thioether (sulfide) groups is 2.